The van der Waals surface area contributed by atoms with Gasteiger partial charge in [0.25, 0.3) is 0 Å². The summed E-state index contributed by atoms with van der Waals surface area (Å²) in [5.41, 5.74) is 0.878. The normalized spacial score (nSPS) is 22.8. The first-order chi connectivity index (χ1) is 15.9. The minimum Gasteiger partial charge on any atom is -0.347 e. The van der Waals surface area contributed by atoms with Crippen LogP contribution in [0, 0.1) is 0 Å². The van der Waals surface area contributed by atoms with Crippen molar-refractivity contribution in [2.45, 2.75) is 62.2 Å². The lowest BCUT2D eigenvalue weighted by molar-refractivity contribution is -0.188. The summed E-state index contributed by atoms with van der Waals surface area (Å²) in [4.78, 5) is 15.7. The Balaban J connectivity index is 1.36. The molecule has 0 saturated carbocycles. The van der Waals surface area contributed by atoms with Crippen molar-refractivity contribution in [2.75, 3.05) is 39.4 Å². The third-order valence-corrected chi connectivity index (χ3v) is 9.20. The number of likely N-dealkylation sites (tertiary alicyclic amines) is 1. The number of sulfonamides is 1. The maximum absolute atomic E-state index is 13.4. The van der Waals surface area contributed by atoms with Gasteiger partial charge in [-0.1, -0.05) is 13.3 Å². The summed E-state index contributed by atoms with van der Waals surface area (Å²) in [5.74, 6) is -0.414. The molecule has 1 spiro atoms. The van der Waals surface area contributed by atoms with E-state index >= 15 is 0 Å². The van der Waals surface area contributed by atoms with E-state index in [-0.39, 0.29) is 11.9 Å². The molecule has 3 aliphatic heterocycles. The third-order valence-electron chi connectivity index (χ3n) is 7.30. The zero-order chi connectivity index (χ0) is 23.1. The number of nitrogens with zero attached hydrogens (tertiary/aromatic N) is 3. The molecule has 8 nitrogen and oxygen atoms in total. The van der Waals surface area contributed by atoms with Crippen LogP contribution >= 0.6 is 0 Å². The van der Waals surface area contributed by atoms with E-state index in [1.165, 1.54) is 0 Å². The van der Waals surface area contributed by atoms with Crippen LogP contribution in [0.1, 0.15) is 51.5 Å². The number of amides is 1. The predicted molar refractivity (Wildman–Crippen MR) is 124 cm³/mol. The van der Waals surface area contributed by atoms with E-state index in [1.807, 2.05) is 34.7 Å². The van der Waals surface area contributed by atoms with Crippen LogP contribution in [0.15, 0.2) is 35.4 Å². The number of piperidine rings is 2. The Bertz CT molecular complexity index is 1110. The second-order valence-corrected chi connectivity index (χ2v) is 11.2. The van der Waals surface area contributed by atoms with Gasteiger partial charge in [-0.25, -0.2) is 8.42 Å². The fraction of sp³-hybridized carbons (Fsp3) is 0.625. The molecule has 0 N–H and O–H groups in total. The summed E-state index contributed by atoms with van der Waals surface area (Å²) in [6.07, 6.45) is 6.85. The smallest absolute Gasteiger partial charge is 0.245 e. The van der Waals surface area contributed by atoms with Crippen LogP contribution in [0.5, 0.6) is 0 Å². The minimum absolute atomic E-state index is 0.0906. The molecule has 9 heteroatoms. The average Bonchev–Trinajstić information content (AvgIpc) is 3.48. The highest BCUT2D eigenvalue weighted by atomic mass is 32.2. The Kier molecular flexibility index (Phi) is 6.24. The van der Waals surface area contributed by atoms with Crippen molar-refractivity contribution in [1.82, 2.24) is 13.8 Å². The molecule has 180 valence electrons. The molecule has 2 aromatic rings. The highest BCUT2D eigenvalue weighted by Gasteiger charge is 2.41. The standard InChI is InChI=1S/C24H33N3O5S/c1-2-21(23(28)25-14-9-24(10-15-25)31-16-17-32-24)27-13-8-19-18-20(6-7-22(19)27)33(29,30)26-11-4-3-5-12-26/h6-8,13,18,21H,2-5,9-12,14-17H2,1H3/t21-/m0/s1. The Morgan fingerprint density at radius 1 is 1.03 bits per heavy atom. The van der Waals surface area contributed by atoms with E-state index in [9.17, 15) is 13.2 Å². The van der Waals surface area contributed by atoms with Crippen LogP contribution in [0.2, 0.25) is 0 Å². The van der Waals surface area contributed by atoms with Gasteiger partial charge in [0.05, 0.1) is 18.1 Å². The van der Waals surface area contributed by atoms with Gasteiger partial charge in [-0.15, -0.1) is 0 Å². The number of hydrogen-bond donors (Lipinski definition) is 0. The summed E-state index contributed by atoms with van der Waals surface area (Å²) in [6.45, 7) is 5.66. The molecule has 3 aliphatic rings. The van der Waals surface area contributed by atoms with E-state index in [0.29, 0.717) is 63.6 Å². The molecule has 0 aliphatic carbocycles. The molecule has 33 heavy (non-hydrogen) atoms. The number of fused-ring (bicyclic) bond motifs is 1. The molecule has 1 atom stereocenters. The van der Waals surface area contributed by atoms with Crippen LogP contribution < -0.4 is 0 Å². The van der Waals surface area contributed by atoms with Crippen molar-refractivity contribution >= 4 is 26.8 Å². The average molecular weight is 476 g/mol. The van der Waals surface area contributed by atoms with Crippen molar-refractivity contribution in [3.8, 4) is 0 Å². The fourth-order valence-electron chi connectivity index (χ4n) is 5.38. The summed E-state index contributed by atoms with van der Waals surface area (Å²) < 4.78 is 41.3. The first-order valence-corrected chi connectivity index (χ1v) is 13.5. The topological polar surface area (TPSA) is 81.1 Å². The van der Waals surface area contributed by atoms with Crippen molar-refractivity contribution in [2.24, 2.45) is 0 Å². The second-order valence-electron chi connectivity index (χ2n) is 9.27. The first kappa shape index (κ1) is 22.8. The number of aromatic nitrogens is 1. The number of benzene rings is 1. The molecule has 3 fully saturated rings. The molecular formula is C24H33N3O5S. The zero-order valence-electron chi connectivity index (χ0n) is 19.2. The molecular weight excluding hydrogens is 442 g/mol. The van der Waals surface area contributed by atoms with Crippen molar-refractivity contribution < 1.29 is 22.7 Å². The Morgan fingerprint density at radius 3 is 2.39 bits per heavy atom. The highest BCUT2D eigenvalue weighted by molar-refractivity contribution is 7.89. The Morgan fingerprint density at radius 2 is 1.73 bits per heavy atom. The third kappa shape index (κ3) is 4.20. The number of carbonyl (C=O) groups excluding carboxylic acids is 1. The summed E-state index contributed by atoms with van der Waals surface area (Å²) in [6, 6.07) is 6.84. The zero-order valence-corrected chi connectivity index (χ0v) is 20.1. The lowest BCUT2D eigenvalue weighted by atomic mass is 10.0. The van der Waals surface area contributed by atoms with Gasteiger partial charge in [-0.3, -0.25) is 4.79 Å². The molecule has 0 bridgehead atoms. The largest absolute Gasteiger partial charge is 0.347 e. The van der Waals surface area contributed by atoms with Gasteiger partial charge in [0.2, 0.25) is 15.9 Å². The second kappa shape index (κ2) is 9.02. The molecule has 0 radical (unpaired) electrons. The minimum atomic E-state index is -3.49. The van der Waals surface area contributed by atoms with E-state index in [2.05, 4.69) is 0 Å². The first-order valence-electron chi connectivity index (χ1n) is 12.1. The van der Waals surface area contributed by atoms with Gasteiger partial charge >= 0.3 is 0 Å². The van der Waals surface area contributed by atoms with Gasteiger partial charge in [-0.05, 0) is 43.5 Å². The highest BCUT2D eigenvalue weighted by Crippen LogP contribution is 2.33. The number of ether oxygens (including phenoxy) is 2. The number of carbonyl (C=O) groups is 1. The molecule has 1 amide bonds. The van der Waals surface area contributed by atoms with Gasteiger partial charge < -0.3 is 18.9 Å². The van der Waals surface area contributed by atoms with Gasteiger partial charge in [-0.2, -0.15) is 4.31 Å². The quantitative estimate of drug-likeness (QED) is 0.664. The molecule has 0 unspecified atom stereocenters. The summed E-state index contributed by atoms with van der Waals surface area (Å²) in [7, 11) is -3.49. The van der Waals surface area contributed by atoms with Crippen molar-refractivity contribution in [3.63, 3.8) is 0 Å². The summed E-state index contributed by atoms with van der Waals surface area (Å²) >= 11 is 0. The van der Waals surface area contributed by atoms with E-state index in [0.717, 1.165) is 30.2 Å². The van der Waals surface area contributed by atoms with Gasteiger partial charge in [0, 0.05) is 56.1 Å². The molecule has 5 rings (SSSR count). The molecule has 1 aromatic heterocycles. The van der Waals surface area contributed by atoms with Crippen molar-refractivity contribution in [1.29, 1.82) is 0 Å². The number of hydrogen-bond acceptors (Lipinski definition) is 5. The van der Waals surface area contributed by atoms with E-state index in [4.69, 9.17) is 9.47 Å². The van der Waals surface area contributed by atoms with Crippen molar-refractivity contribution in [3.05, 3.63) is 30.5 Å². The lowest BCUT2D eigenvalue weighted by Crippen LogP contribution is -2.49. The number of rotatable bonds is 5. The lowest BCUT2D eigenvalue weighted by Gasteiger charge is -2.39. The SMILES string of the molecule is CC[C@@H](C(=O)N1CCC2(CC1)OCCO2)n1ccc2cc(S(=O)(=O)N3CCCCC3)ccc21. The van der Waals surface area contributed by atoms with Crippen LogP contribution in [0.25, 0.3) is 10.9 Å². The van der Waals surface area contributed by atoms with E-state index in [1.54, 1.807) is 16.4 Å². The van der Waals surface area contributed by atoms with Crippen LogP contribution in [-0.2, 0) is 24.3 Å². The molecule has 1 aromatic carbocycles. The predicted octanol–water partition coefficient (Wildman–Crippen LogP) is 3.13. The molecule has 3 saturated heterocycles. The Labute approximate surface area is 195 Å². The maximum atomic E-state index is 13.4. The van der Waals surface area contributed by atoms with Crippen LogP contribution in [0.4, 0.5) is 0 Å². The van der Waals surface area contributed by atoms with Gasteiger partial charge in [0.1, 0.15) is 6.04 Å². The van der Waals surface area contributed by atoms with Crippen LogP contribution in [-0.4, -0.2) is 73.3 Å². The van der Waals surface area contributed by atoms with E-state index < -0.39 is 15.8 Å². The van der Waals surface area contributed by atoms with Crippen LogP contribution in [0.3, 0.4) is 0 Å². The maximum Gasteiger partial charge on any atom is 0.245 e. The summed E-state index contributed by atoms with van der Waals surface area (Å²) in [5, 5.41) is 0.838. The fourth-order valence-corrected chi connectivity index (χ4v) is 6.94. The molecule has 4 heterocycles. The Hall–Kier alpha value is -1.94. The van der Waals surface area contributed by atoms with Gasteiger partial charge in [0.15, 0.2) is 5.79 Å². The monoisotopic (exact) mass is 475 g/mol.